The number of hydrogen-bond acceptors (Lipinski definition) is 4. The second-order valence-electron chi connectivity index (χ2n) is 7.60. The molecule has 1 saturated heterocycles. The van der Waals surface area contributed by atoms with E-state index in [0.717, 1.165) is 50.7 Å². The topological polar surface area (TPSA) is 52.1 Å². The first kappa shape index (κ1) is 26.0. The van der Waals surface area contributed by atoms with Crippen LogP contribution in [0.2, 0.25) is 0 Å². The second kappa shape index (κ2) is 14.8. The van der Waals surface area contributed by atoms with Gasteiger partial charge >= 0.3 is 0 Å². The van der Waals surface area contributed by atoms with Crippen molar-refractivity contribution in [1.82, 2.24) is 20.4 Å². The Hall–Kier alpha value is -1.06. The Kier molecular flexibility index (Phi) is 13.3. The molecule has 0 amide bonds. The van der Waals surface area contributed by atoms with Gasteiger partial charge in [-0.05, 0) is 71.4 Å². The molecule has 2 rings (SSSR count). The molecule has 0 unspecified atom stereocenters. The van der Waals surface area contributed by atoms with E-state index in [9.17, 15) is 0 Å². The highest BCUT2D eigenvalue weighted by Crippen LogP contribution is 2.19. The molecular formula is C22H40IN5O. The maximum atomic E-state index is 5.48. The van der Waals surface area contributed by atoms with Crippen molar-refractivity contribution in [3.8, 4) is 5.75 Å². The number of aryl methyl sites for hydroxylation is 1. The highest BCUT2D eigenvalue weighted by atomic mass is 127. The molecule has 0 atom stereocenters. The molecular weight excluding hydrogens is 477 g/mol. The molecule has 1 aliphatic rings. The highest BCUT2D eigenvalue weighted by molar-refractivity contribution is 14.0. The minimum absolute atomic E-state index is 0. The van der Waals surface area contributed by atoms with Crippen molar-refractivity contribution in [2.24, 2.45) is 4.99 Å². The van der Waals surface area contributed by atoms with Crippen molar-refractivity contribution in [2.45, 2.75) is 33.1 Å². The summed E-state index contributed by atoms with van der Waals surface area (Å²) >= 11 is 0. The molecule has 2 N–H and O–H groups in total. The van der Waals surface area contributed by atoms with Crippen LogP contribution in [-0.2, 0) is 6.42 Å². The molecule has 1 aromatic rings. The van der Waals surface area contributed by atoms with Gasteiger partial charge in [-0.25, -0.2) is 0 Å². The highest BCUT2D eigenvalue weighted by Gasteiger charge is 2.11. The molecule has 0 radical (unpaired) electrons. The second-order valence-corrected chi connectivity index (χ2v) is 7.60. The van der Waals surface area contributed by atoms with E-state index >= 15 is 0 Å². The number of benzene rings is 1. The van der Waals surface area contributed by atoms with Gasteiger partial charge in [0.2, 0.25) is 0 Å². The van der Waals surface area contributed by atoms with Gasteiger partial charge in [-0.15, -0.1) is 24.0 Å². The number of nitrogens with zero attached hydrogens (tertiary/aromatic N) is 3. The predicted molar refractivity (Wildman–Crippen MR) is 134 cm³/mol. The molecule has 0 saturated carbocycles. The van der Waals surface area contributed by atoms with Gasteiger partial charge in [-0.1, -0.05) is 17.7 Å². The summed E-state index contributed by atoms with van der Waals surface area (Å²) in [6.07, 6.45) is 3.29. The first-order chi connectivity index (χ1) is 13.6. The summed E-state index contributed by atoms with van der Waals surface area (Å²) in [7, 11) is 3.95. The lowest BCUT2D eigenvalue weighted by Gasteiger charge is -2.19. The summed E-state index contributed by atoms with van der Waals surface area (Å²) in [6.45, 7) is 12.7. The minimum atomic E-state index is 0. The smallest absolute Gasteiger partial charge is 0.191 e. The molecule has 0 aromatic heterocycles. The van der Waals surface area contributed by atoms with Crippen molar-refractivity contribution >= 4 is 29.9 Å². The maximum absolute atomic E-state index is 5.48. The number of nitrogens with one attached hydrogen (secondary N) is 2. The van der Waals surface area contributed by atoms with E-state index in [4.69, 9.17) is 9.73 Å². The number of aliphatic imine (C=N–C) groups is 1. The van der Waals surface area contributed by atoms with Crippen molar-refractivity contribution < 1.29 is 4.74 Å². The van der Waals surface area contributed by atoms with E-state index in [0.29, 0.717) is 0 Å². The third-order valence-electron chi connectivity index (χ3n) is 5.18. The quantitative estimate of drug-likeness (QED) is 0.229. The van der Waals surface area contributed by atoms with Crippen LogP contribution in [0, 0.1) is 6.92 Å². The van der Waals surface area contributed by atoms with Gasteiger partial charge in [-0.3, -0.25) is 4.99 Å². The van der Waals surface area contributed by atoms with Crippen molar-refractivity contribution in [3.05, 3.63) is 29.3 Å². The summed E-state index contributed by atoms with van der Waals surface area (Å²) in [5, 5.41) is 6.81. The van der Waals surface area contributed by atoms with Crippen LogP contribution in [0.5, 0.6) is 5.75 Å². The third-order valence-corrected chi connectivity index (χ3v) is 5.18. The van der Waals surface area contributed by atoms with E-state index in [1.807, 2.05) is 6.07 Å². The third kappa shape index (κ3) is 10.00. The first-order valence-electron chi connectivity index (χ1n) is 10.7. The van der Waals surface area contributed by atoms with E-state index in [2.05, 4.69) is 53.5 Å². The fraction of sp³-hybridized carbons (Fsp3) is 0.682. The molecule has 1 heterocycles. The number of ether oxygens (including phenoxy) is 1. The standard InChI is InChI=1S/C22H39N5O.HI/c1-5-23-22(24-11-6-14-27-15-7-13-26(3)16-17-27)25-12-10-20-18-19(2)8-9-21(20)28-4;/h8-9,18H,5-7,10-17H2,1-4H3,(H2,23,24,25);1H. The van der Waals surface area contributed by atoms with Crippen molar-refractivity contribution in [3.63, 3.8) is 0 Å². The lowest BCUT2D eigenvalue weighted by atomic mass is 10.1. The van der Waals surface area contributed by atoms with Crippen LogP contribution < -0.4 is 15.4 Å². The van der Waals surface area contributed by atoms with Gasteiger partial charge in [0.1, 0.15) is 5.75 Å². The first-order valence-corrected chi connectivity index (χ1v) is 10.7. The number of guanidine groups is 1. The minimum Gasteiger partial charge on any atom is -0.496 e. The molecule has 1 aromatic carbocycles. The normalized spacial score (nSPS) is 16.1. The molecule has 7 heteroatoms. The van der Waals surface area contributed by atoms with Crippen molar-refractivity contribution in [1.29, 1.82) is 0 Å². The fourth-order valence-corrected chi connectivity index (χ4v) is 3.57. The van der Waals surface area contributed by atoms with Crippen LogP contribution in [0.4, 0.5) is 0 Å². The van der Waals surface area contributed by atoms with Gasteiger partial charge in [0, 0.05) is 32.7 Å². The molecule has 1 aliphatic heterocycles. The van der Waals surface area contributed by atoms with Crippen LogP contribution in [0.1, 0.15) is 30.9 Å². The number of likely N-dealkylation sites (N-methyl/N-ethyl adjacent to an activating group) is 1. The monoisotopic (exact) mass is 517 g/mol. The fourth-order valence-electron chi connectivity index (χ4n) is 3.57. The maximum Gasteiger partial charge on any atom is 0.191 e. The summed E-state index contributed by atoms with van der Waals surface area (Å²) < 4.78 is 5.48. The average molecular weight is 518 g/mol. The summed E-state index contributed by atoms with van der Waals surface area (Å²) in [5.41, 5.74) is 2.49. The predicted octanol–water partition coefficient (Wildman–Crippen LogP) is 2.75. The van der Waals surface area contributed by atoms with Gasteiger partial charge in [0.15, 0.2) is 5.96 Å². The summed E-state index contributed by atoms with van der Waals surface area (Å²) in [5.74, 6) is 1.86. The van der Waals surface area contributed by atoms with Gasteiger partial charge in [0.25, 0.3) is 0 Å². The number of halogens is 1. The lowest BCUT2D eigenvalue weighted by molar-refractivity contribution is 0.275. The van der Waals surface area contributed by atoms with Crippen molar-refractivity contribution in [2.75, 3.05) is 66.5 Å². The van der Waals surface area contributed by atoms with Crippen LogP contribution in [0.25, 0.3) is 0 Å². The van der Waals surface area contributed by atoms with Gasteiger partial charge in [-0.2, -0.15) is 0 Å². The summed E-state index contributed by atoms with van der Waals surface area (Å²) in [4.78, 5) is 9.75. The molecule has 6 nitrogen and oxygen atoms in total. The molecule has 0 aliphatic carbocycles. The van der Waals surface area contributed by atoms with Gasteiger partial charge < -0.3 is 25.2 Å². The Bertz CT molecular complexity index is 611. The zero-order valence-electron chi connectivity index (χ0n) is 18.7. The van der Waals surface area contributed by atoms with Crippen LogP contribution >= 0.6 is 24.0 Å². The zero-order valence-corrected chi connectivity index (χ0v) is 21.0. The number of hydrogen-bond donors (Lipinski definition) is 2. The zero-order chi connectivity index (χ0) is 20.2. The van der Waals surface area contributed by atoms with Crippen LogP contribution in [0.3, 0.4) is 0 Å². The van der Waals surface area contributed by atoms with Crippen LogP contribution in [0.15, 0.2) is 23.2 Å². The number of methoxy groups -OCH3 is 1. The summed E-state index contributed by atoms with van der Waals surface area (Å²) in [6, 6.07) is 6.33. The van der Waals surface area contributed by atoms with E-state index in [1.165, 1.54) is 43.7 Å². The van der Waals surface area contributed by atoms with E-state index in [1.54, 1.807) is 7.11 Å². The molecule has 0 spiro atoms. The Morgan fingerprint density at radius 3 is 2.76 bits per heavy atom. The molecule has 29 heavy (non-hydrogen) atoms. The number of rotatable bonds is 9. The van der Waals surface area contributed by atoms with Gasteiger partial charge in [0.05, 0.1) is 7.11 Å². The SMILES string of the molecule is CCNC(=NCCCN1CCCN(C)CC1)NCCc1cc(C)ccc1OC.I. The Balaban J connectivity index is 0.00000420. The largest absolute Gasteiger partial charge is 0.496 e. The average Bonchev–Trinajstić information content (AvgIpc) is 2.89. The Morgan fingerprint density at radius 1 is 1.17 bits per heavy atom. The molecule has 0 bridgehead atoms. The molecule has 1 fully saturated rings. The lowest BCUT2D eigenvalue weighted by Crippen LogP contribution is -2.38. The van der Waals surface area contributed by atoms with Crippen LogP contribution in [-0.4, -0.2) is 82.3 Å². The van der Waals surface area contributed by atoms with E-state index < -0.39 is 0 Å². The Labute approximate surface area is 194 Å². The molecule has 166 valence electrons. The Morgan fingerprint density at radius 2 is 2.00 bits per heavy atom. The van der Waals surface area contributed by atoms with E-state index in [-0.39, 0.29) is 24.0 Å².